The van der Waals surface area contributed by atoms with E-state index in [1.165, 1.54) is 5.56 Å². The highest BCUT2D eigenvalue weighted by Gasteiger charge is 2.01. The molecule has 2 aromatic heterocycles. The molecule has 20 heavy (non-hydrogen) atoms. The summed E-state index contributed by atoms with van der Waals surface area (Å²) in [6.07, 6.45) is 7.08. The van der Waals surface area contributed by atoms with Gasteiger partial charge in [0.2, 0.25) is 0 Å². The Morgan fingerprint density at radius 2 is 1.90 bits per heavy atom. The van der Waals surface area contributed by atoms with Crippen LogP contribution in [0.1, 0.15) is 5.56 Å². The first-order valence-electron chi connectivity index (χ1n) is 6.33. The van der Waals surface area contributed by atoms with Crippen LogP contribution in [0, 0.1) is 0 Å². The first-order valence-corrected chi connectivity index (χ1v) is 6.33. The fourth-order valence-electron chi connectivity index (χ4n) is 1.98. The van der Waals surface area contributed by atoms with E-state index in [0.29, 0.717) is 5.69 Å². The second-order valence-electron chi connectivity index (χ2n) is 4.54. The molecule has 3 rings (SSSR count). The van der Waals surface area contributed by atoms with Crippen LogP contribution >= 0.6 is 0 Å². The largest absolute Gasteiger partial charge is 0.397 e. The summed E-state index contributed by atoms with van der Waals surface area (Å²) in [6, 6.07) is 12.0. The van der Waals surface area contributed by atoms with E-state index in [-0.39, 0.29) is 0 Å². The van der Waals surface area contributed by atoms with E-state index in [0.717, 1.165) is 17.9 Å². The summed E-state index contributed by atoms with van der Waals surface area (Å²) in [4.78, 5) is 4.04. The Labute approximate surface area is 117 Å². The van der Waals surface area contributed by atoms with E-state index in [2.05, 4.69) is 27.5 Å². The maximum Gasteiger partial charge on any atom is 0.0771 e. The number of hydrogen-bond acceptors (Lipinski definition) is 4. The second-order valence-corrected chi connectivity index (χ2v) is 4.54. The zero-order chi connectivity index (χ0) is 13.8. The van der Waals surface area contributed by atoms with E-state index in [1.807, 2.05) is 35.1 Å². The van der Waals surface area contributed by atoms with Crippen molar-refractivity contribution in [2.24, 2.45) is 0 Å². The van der Waals surface area contributed by atoms with Crippen molar-refractivity contribution in [3.63, 3.8) is 0 Å². The van der Waals surface area contributed by atoms with Crippen LogP contribution in [0.4, 0.5) is 17.1 Å². The van der Waals surface area contributed by atoms with Crippen molar-refractivity contribution in [2.75, 3.05) is 11.1 Å². The predicted molar refractivity (Wildman–Crippen MR) is 79.7 cm³/mol. The van der Waals surface area contributed by atoms with Crippen LogP contribution in [0.5, 0.6) is 0 Å². The second kappa shape index (κ2) is 5.44. The smallest absolute Gasteiger partial charge is 0.0771 e. The van der Waals surface area contributed by atoms with Gasteiger partial charge in [-0.25, -0.2) is 0 Å². The quantitative estimate of drug-likeness (QED) is 0.761. The molecule has 0 aliphatic rings. The van der Waals surface area contributed by atoms with E-state index >= 15 is 0 Å². The molecule has 1 aromatic carbocycles. The molecule has 0 aliphatic carbocycles. The van der Waals surface area contributed by atoms with Crippen molar-refractivity contribution in [3.05, 3.63) is 66.7 Å². The lowest BCUT2D eigenvalue weighted by atomic mass is 10.2. The summed E-state index contributed by atoms with van der Waals surface area (Å²) < 4.78 is 1.89. The topological polar surface area (TPSA) is 68.8 Å². The van der Waals surface area contributed by atoms with Gasteiger partial charge in [-0.3, -0.25) is 9.67 Å². The van der Waals surface area contributed by atoms with E-state index in [9.17, 15) is 0 Å². The van der Waals surface area contributed by atoms with Gasteiger partial charge in [-0.05, 0) is 11.6 Å². The minimum absolute atomic E-state index is 0.631. The van der Waals surface area contributed by atoms with Crippen LogP contribution in [0.2, 0.25) is 0 Å². The average molecular weight is 265 g/mol. The van der Waals surface area contributed by atoms with Gasteiger partial charge < -0.3 is 11.1 Å². The molecule has 0 unspecified atom stereocenters. The maximum atomic E-state index is 5.70. The van der Waals surface area contributed by atoms with E-state index in [1.54, 1.807) is 18.6 Å². The lowest BCUT2D eigenvalue weighted by Gasteiger charge is -2.03. The molecule has 0 spiro atoms. The van der Waals surface area contributed by atoms with Gasteiger partial charge in [0.1, 0.15) is 0 Å². The van der Waals surface area contributed by atoms with E-state index in [4.69, 9.17) is 5.73 Å². The summed E-state index contributed by atoms with van der Waals surface area (Å²) in [5, 5.41) is 7.56. The summed E-state index contributed by atoms with van der Waals surface area (Å²) in [6.45, 7) is 0.748. The summed E-state index contributed by atoms with van der Waals surface area (Å²) in [5.74, 6) is 0. The Kier molecular flexibility index (Phi) is 3.33. The number of nitrogens with two attached hydrogens (primary N) is 1. The highest BCUT2D eigenvalue weighted by Crippen LogP contribution is 2.17. The molecule has 0 fully saturated rings. The van der Waals surface area contributed by atoms with Gasteiger partial charge in [-0.1, -0.05) is 30.3 Å². The van der Waals surface area contributed by atoms with Gasteiger partial charge >= 0.3 is 0 Å². The Bertz CT molecular complexity index is 690. The highest BCUT2D eigenvalue weighted by molar-refractivity contribution is 5.60. The van der Waals surface area contributed by atoms with E-state index < -0.39 is 0 Å². The SMILES string of the molecule is Nc1cncc(Nc2cnn(Cc3ccccc3)c2)c1. The molecule has 5 nitrogen and oxygen atoms in total. The summed E-state index contributed by atoms with van der Waals surface area (Å²) in [5.41, 5.74) is 9.30. The highest BCUT2D eigenvalue weighted by atomic mass is 15.3. The molecule has 3 N–H and O–H groups in total. The maximum absolute atomic E-state index is 5.70. The average Bonchev–Trinajstić information content (AvgIpc) is 2.87. The third-order valence-corrected chi connectivity index (χ3v) is 2.87. The van der Waals surface area contributed by atoms with Gasteiger partial charge in [0, 0.05) is 12.4 Å². The molecule has 0 radical (unpaired) electrons. The normalized spacial score (nSPS) is 10.4. The number of nitrogens with one attached hydrogen (secondary N) is 1. The molecule has 0 amide bonds. The van der Waals surface area contributed by atoms with Crippen molar-refractivity contribution in [1.82, 2.24) is 14.8 Å². The van der Waals surface area contributed by atoms with Gasteiger partial charge in [0.25, 0.3) is 0 Å². The third kappa shape index (κ3) is 2.95. The summed E-state index contributed by atoms with van der Waals surface area (Å²) >= 11 is 0. The van der Waals surface area contributed by atoms with Crippen LogP contribution < -0.4 is 11.1 Å². The lowest BCUT2D eigenvalue weighted by molar-refractivity contribution is 0.687. The molecule has 3 aromatic rings. The van der Waals surface area contributed by atoms with Crippen LogP contribution in [-0.2, 0) is 6.54 Å². The van der Waals surface area contributed by atoms with Crippen molar-refractivity contribution >= 4 is 17.1 Å². The van der Waals surface area contributed by atoms with Crippen LogP contribution in [-0.4, -0.2) is 14.8 Å². The monoisotopic (exact) mass is 265 g/mol. The number of hydrogen-bond donors (Lipinski definition) is 2. The molecule has 5 heteroatoms. The lowest BCUT2D eigenvalue weighted by Crippen LogP contribution is -1.99. The van der Waals surface area contributed by atoms with Crippen molar-refractivity contribution in [3.8, 4) is 0 Å². The number of anilines is 3. The Morgan fingerprint density at radius 3 is 2.70 bits per heavy atom. The van der Waals surface area contributed by atoms with Crippen molar-refractivity contribution in [2.45, 2.75) is 6.54 Å². The fraction of sp³-hybridized carbons (Fsp3) is 0.0667. The molecule has 0 bridgehead atoms. The number of pyridine rings is 1. The Hall–Kier alpha value is -2.82. The number of aromatic nitrogens is 3. The molecule has 0 saturated heterocycles. The Morgan fingerprint density at radius 1 is 1.05 bits per heavy atom. The van der Waals surface area contributed by atoms with Gasteiger partial charge in [-0.2, -0.15) is 5.10 Å². The first-order chi connectivity index (χ1) is 9.79. The molecular formula is C15H15N5. The van der Waals surface area contributed by atoms with Crippen molar-refractivity contribution in [1.29, 1.82) is 0 Å². The molecule has 100 valence electrons. The number of nitrogens with zero attached hydrogens (tertiary/aromatic N) is 3. The first kappa shape index (κ1) is 12.2. The predicted octanol–water partition coefficient (Wildman–Crippen LogP) is 2.65. The molecular weight excluding hydrogens is 250 g/mol. The van der Waals surface area contributed by atoms with Crippen LogP contribution in [0.15, 0.2) is 61.2 Å². The minimum Gasteiger partial charge on any atom is -0.397 e. The molecule has 0 atom stereocenters. The molecule has 0 aliphatic heterocycles. The molecule has 2 heterocycles. The number of benzene rings is 1. The minimum atomic E-state index is 0.631. The molecule has 0 saturated carbocycles. The third-order valence-electron chi connectivity index (χ3n) is 2.87. The number of rotatable bonds is 4. The van der Waals surface area contributed by atoms with Crippen LogP contribution in [0.3, 0.4) is 0 Å². The number of nitrogen functional groups attached to an aromatic ring is 1. The van der Waals surface area contributed by atoms with Gasteiger partial charge in [0.15, 0.2) is 0 Å². The summed E-state index contributed by atoms with van der Waals surface area (Å²) in [7, 11) is 0. The standard InChI is InChI=1S/C15H15N5/c16-13-6-14(8-17-7-13)19-15-9-18-20(11-15)10-12-4-2-1-3-5-12/h1-9,11,19H,10,16H2. The van der Waals surface area contributed by atoms with Crippen molar-refractivity contribution < 1.29 is 0 Å². The Balaban J connectivity index is 1.71. The zero-order valence-corrected chi connectivity index (χ0v) is 10.9. The van der Waals surface area contributed by atoms with Gasteiger partial charge in [0.05, 0.1) is 36.0 Å². The zero-order valence-electron chi connectivity index (χ0n) is 10.9. The fourth-order valence-corrected chi connectivity index (χ4v) is 1.98. The van der Waals surface area contributed by atoms with Gasteiger partial charge in [-0.15, -0.1) is 0 Å². The van der Waals surface area contributed by atoms with Crippen LogP contribution in [0.25, 0.3) is 0 Å².